The van der Waals surface area contributed by atoms with Gasteiger partial charge >= 0.3 is 5.76 Å². The standard InChI is InChI=1S/C22H23N7O3/c1-12-9-25-22(23,14-3-6-19(24-10-14)29-11-16(30)7-13(29)2)28-20(12)26-15-4-5-18-17(8-15)27-21(31)32-18/h3-6,8-10,16,26,28,30H,2,7,11,23H2,1H3,(H,27,31)/t16-,22?/m1/s1. The Balaban J connectivity index is 1.37. The quantitative estimate of drug-likeness (QED) is 0.418. The molecule has 32 heavy (non-hydrogen) atoms. The molecule has 0 saturated carbocycles. The van der Waals surface area contributed by atoms with E-state index in [0.717, 1.165) is 17.0 Å². The van der Waals surface area contributed by atoms with Gasteiger partial charge in [0.2, 0.25) is 5.79 Å². The third-order valence-corrected chi connectivity index (χ3v) is 5.57. The van der Waals surface area contributed by atoms with Gasteiger partial charge in [-0.05, 0) is 37.3 Å². The van der Waals surface area contributed by atoms with Crippen LogP contribution in [-0.4, -0.2) is 33.9 Å². The van der Waals surface area contributed by atoms with Crippen molar-refractivity contribution in [3.63, 3.8) is 0 Å². The lowest BCUT2D eigenvalue weighted by molar-refractivity contribution is 0.200. The topological polar surface area (TPSA) is 145 Å². The Morgan fingerprint density at radius 3 is 2.94 bits per heavy atom. The van der Waals surface area contributed by atoms with Crippen LogP contribution in [0.2, 0.25) is 0 Å². The van der Waals surface area contributed by atoms with Gasteiger partial charge < -0.3 is 25.1 Å². The molecule has 0 aliphatic carbocycles. The van der Waals surface area contributed by atoms with Gasteiger partial charge in [-0.25, -0.2) is 14.8 Å². The normalized spacial score (nSPS) is 23.2. The van der Waals surface area contributed by atoms with E-state index in [1.54, 1.807) is 30.6 Å². The molecule has 1 fully saturated rings. The number of nitrogens with one attached hydrogen (secondary N) is 3. The van der Waals surface area contributed by atoms with E-state index in [-0.39, 0.29) is 0 Å². The van der Waals surface area contributed by atoms with Crippen LogP contribution in [0.25, 0.3) is 11.1 Å². The number of allylic oxidation sites excluding steroid dienone is 1. The maximum Gasteiger partial charge on any atom is 0.417 e. The molecule has 0 spiro atoms. The van der Waals surface area contributed by atoms with Crippen LogP contribution in [0.3, 0.4) is 0 Å². The number of aliphatic hydroxyl groups excluding tert-OH is 1. The lowest BCUT2D eigenvalue weighted by Crippen LogP contribution is -2.51. The highest BCUT2D eigenvalue weighted by molar-refractivity contribution is 5.82. The van der Waals surface area contributed by atoms with Crippen molar-refractivity contribution in [3.8, 4) is 0 Å². The highest BCUT2D eigenvalue weighted by Gasteiger charge is 2.31. The van der Waals surface area contributed by atoms with E-state index < -0.39 is 17.6 Å². The third kappa shape index (κ3) is 3.55. The van der Waals surface area contributed by atoms with Gasteiger partial charge in [0, 0.05) is 41.4 Å². The van der Waals surface area contributed by atoms with Crippen molar-refractivity contribution in [3.05, 3.63) is 76.3 Å². The first-order chi connectivity index (χ1) is 15.3. The summed E-state index contributed by atoms with van der Waals surface area (Å²) in [6, 6.07) is 8.99. The molecule has 5 rings (SSSR count). The van der Waals surface area contributed by atoms with Crippen LogP contribution in [-0.2, 0) is 5.79 Å². The van der Waals surface area contributed by atoms with Crippen molar-refractivity contribution in [2.75, 3.05) is 16.8 Å². The van der Waals surface area contributed by atoms with Gasteiger partial charge in [-0.3, -0.25) is 10.7 Å². The van der Waals surface area contributed by atoms with Crippen molar-refractivity contribution in [1.29, 1.82) is 0 Å². The van der Waals surface area contributed by atoms with E-state index in [0.29, 0.717) is 41.3 Å². The Bertz CT molecular complexity index is 1320. The number of nitrogens with two attached hydrogens (primary N) is 1. The summed E-state index contributed by atoms with van der Waals surface area (Å²) < 4.78 is 5.05. The first-order valence-corrected chi connectivity index (χ1v) is 10.1. The predicted octanol–water partition coefficient (Wildman–Crippen LogP) is 1.69. The zero-order chi connectivity index (χ0) is 22.5. The summed E-state index contributed by atoms with van der Waals surface area (Å²) in [5.74, 6) is -0.346. The Hall–Kier alpha value is -3.89. The monoisotopic (exact) mass is 433 g/mol. The number of aromatic amines is 1. The Labute approximate surface area is 183 Å². The SMILES string of the molecule is C=C1C[C@@H](O)CN1c1ccc(C2(N)N=CC(C)=C(Nc3ccc4oc(=O)[nH]c4c3)N2)cn1. The first kappa shape index (κ1) is 20.0. The van der Waals surface area contributed by atoms with Gasteiger partial charge in [0.05, 0.1) is 18.2 Å². The lowest BCUT2D eigenvalue weighted by atomic mass is 10.1. The van der Waals surface area contributed by atoms with Crippen LogP contribution in [0.1, 0.15) is 18.9 Å². The zero-order valence-electron chi connectivity index (χ0n) is 17.4. The largest absolute Gasteiger partial charge is 0.417 e. The van der Waals surface area contributed by atoms with Crippen LogP contribution in [0, 0.1) is 0 Å². The van der Waals surface area contributed by atoms with Crippen LogP contribution in [0.5, 0.6) is 0 Å². The van der Waals surface area contributed by atoms with Crippen molar-refractivity contribution >= 4 is 28.8 Å². The summed E-state index contributed by atoms with van der Waals surface area (Å²) >= 11 is 0. The number of aliphatic hydroxyl groups is 1. The number of aromatic nitrogens is 2. The first-order valence-electron chi connectivity index (χ1n) is 10.1. The molecule has 4 heterocycles. The second-order valence-electron chi connectivity index (χ2n) is 8.00. The lowest BCUT2D eigenvalue weighted by Gasteiger charge is -2.33. The Kier molecular flexibility index (Phi) is 4.61. The molecule has 3 aromatic rings. The van der Waals surface area contributed by atoms with E-state index in [4.69, 9.17) is 10.2 Å². The second-order valence-corrected chi connectivity index (χ2v) is 8.00. The average molecular weight is 433 g/mol. The fourth-order valence-electron chi connectivity index (χ4n) is 3.85. The molecule has 2 aliphatic rings. The molecule has 2 atom stereocenters. The number of fused-ring (bicyclic) bond motifs is 1. The van der Waals surface area contributed by atoms with Crippen molar-refractivity contribution in [2.24, 2.45) is 10.7 Å². The fourth-order valence-corrected chi connectivity index (χ4v) is 3.85. The minimum Gasteiger partial charge on any atom is -0.408 e. The van der Waals surface area contributed by atoms with Gasteiger partial charge in [-0.1, -0.05) is 6.58 Å². The summed E-state index contributed by atoms with van der Waals surface area (Å²) in [5.41, 5.74) is 10.8. The molecule has 1 aromatic carbocycles. The number of pyridine rings is 1. The van der Waals surface area contributed by atoms with Crippen molar-refractivity contribution in [1.82, 2.24) is 15.3 Å². The smallest absolute Gasteiger partial charge is 0.408 e. The maximum absolute atomic E-state index is 11.4. The fraction of sp³-hybridized carbons (Fsp3) is 0.227. The van der Waals surface area contributed by atoms with Gasteiger partial charge in [0.1, 0.15) is 11.6 Å². The minimum absolute atomic E-state index is 0.435. The predicted molar refractivity (Wildman–Crippen MR) is 122 cm³/mol. The van der Waals surface area contributed by atoms with E-state index in [2.05, 4.69) is 32.2 Å². The third-order valence-electron chi connectivity index (χ3n) is 5.57. The average Bonchev–Trinajstić information content (AvgIpc) is 3.30. The highest BCUT2D eigenvalue weighted by Crippen LogP contribution is 2.29. The zero-order valence-corrected chi connectivity index (χ0v) is 17.4. The van der Waals surface area contributed by atoms with Crippen LogP contribution in [0.15, 0.2) is 74.4 Å². The van der Waals surface area contributed by atoms with Crippen LogP contribution in [0.4, 0.5) is 11.5 Å². The molecule has 0 bridgehead atoms. The maximum atomic E-state index is 11.4. The molecule has 0 radical (unpaired) electrons. The molecule has 1 saturated heterocycles. The number of rotatable bonds is 4. The molecule has 10 heteroatoms. The summed E-state index contributed by atoms with van der Waals surface area (Å²) in [5, 5.41) is 16.4. The molecular weight excluding hydrogens is 410 g/mol. The molecule has 1 unspecified atom stereocenters. The molecule has 0 amide bonds. The van der Waals surface area contributed by atoms with Crippen molar-refractivity contribution in [2.45, 2.75) is 25.2 Å². The number of β-amino-alcohol motifs (C(OH)–C–C–N with tert-alkyl or cyclic N) is 1. The molecular formula is C22H23N7O3. The van der Waals surface area contributed by atoms with Crippen molar-refractivity contribution < 1.29 is 9.52 Å². The number of oxazole rings is 1. The van der Waals surface area contributed by atoms with Gasteiger partial charge in [0.25, 0.3) is 0 Å². The Morgan fingerprint density at radius 1 is 1.38 bits per heavy atom. The summed E-state index contributed by atoms with van der Waals surface area (Å²) in [7, 11) is 0. The van der Waals surface area contributed by atoms with Gasteiger partial charge in [-0.2, -0.15) is 0 Å². The summed E-state index contributed by atoms with van der Waals surface area (Å²) in [6.07, 6.45) is 3.46. The number of benzene rings is 1. The summed E-state index contributed by atoms with van der Waals surface area (Å²) in [4.78, 5) is 24.9. The van der Waals surface area contributed by atoms with Crippen LogP contribution >= 0.6 is 0 Å². The van der Waals surface area contributed by atoms with Crippen LogP contribution < -0.4 is 27.0 Å². The number of hydrogen-bond donors (Lipinski definition) is 5. The number of nitrogens with zero attached hydrogens (tertiary/aromatic N) is 3. The molecule has 2 aromatic heterocycles. The molecule has 6 N–H and O–H groups in total. The number of anilines is 2. The number of hydrogen-bond acceptors (Lipinski definition) is 9. The minimum atomic E-state index is -1.22. The van der Waals surface area contributed by atoms with Gasteiger partial charge in [-0.15, -0.1) is 0 Å². The number of aliphatic imine (C=N–C) groups is 1. The van der Waals surface area contributed by atoms with Gasteiger partial charge in [0.15, 0.2) is 5.58 Å². The second kappa shape index (κ2) is 7.36. The summed E-state index contributed by atoms with van der Waals surface area (Å²) in [6.45, 7) is 6.37. The molecule has 2 aliphatic heterocycles. The highest BCUT2D eigenvalue weighted by atomic mass is 16.4. The van der Waals surface area contributed by atoms with E-state index in [1.165, 1.54) is 0 Å². The molecule has 10 nitrogen and oxygen atoms in total. The number of H-pyrrole nitrogens is 1. The Morgan fingerprint density at radius 2 is 2.22 bits per heavy atom. The van der Waals surface area contributed by atoms with E-state index in [9.17, 15) is 9.90 Å². The van der Waals surface area contributed by atoms with E-state index in [1.807, 2.05) is 24.0 Å². The van der Waals surface area contributed by atoms with E-state index >= 15 is 0 Å². The molecule has 164 valence electrons.